The summed E-state index contributed by atoms with van der Waals surface area (Å²) >= 11 is 0. The van der Waals surface area contributed by atoms with Crippen LogP contribution in [0.4, 0.5) is 0 Å². The fraction of sp³-hybridized carbons (Fsp3) is 0.500. The Labute approximate surface area is 137 Å². The molecular formula is C4H16CuO13SZn. The van der Waals surface area contributed by atoms with Crippen LogP contribution in [-0.4, -0.2) is 56.8 Å². The number of carbonyl (C=O) groups excluding carboxylic acids is 2. The van der Waals surface area contributed by atoms with Gasteiger partial charge in [-0.25, -0.2) is 0 Å². The third kappa shape index (κ3) is 81600. The number of carbonyl (C=O) groups is 2. The van der Waals surface area contributed by atoms with E-state index in [1.54, 1.807) is 0 Å². The van der Waals surface area contributed by atoms with Gasteiger partial charge in [-0.1, -0.05) is 0 Å². The van der Waals surface area contributed by atoms with Crippen LogP contribution in [-0.2, 0) is 56.5 Å². The molecule has 16 heteroatoms. The largest absolute Gasteiger partial charge is 2.00 e. The quantitative estimate of drug-likeness (QED) is 0.200. The molecule has 0 saturated carbocycles. The van der Waals surface area contributed by atoms with Gasteiger partial charge in [0.15, 0.2) is 0 Å². The minimum atomic E-state index is -5.17. The van der Waals surface area contributed by atoms with E-state index in [4.69, 9.17) is 37.3 Å². The van der Waals surface area contributed by atoms with Gasteiger partial charge in [0.25, 0.3) is 0 Å². The smallest absolute Gasteiger partial charge is 0.759 e. The molecule has 10 N–H and O–H groups in total. The van der Waals surface area contributed by atoms with Gasteiger partial charge in [-0.15, -0.1) is 0 Å². The molecule has 0 aromatic rings. The zero-order valence-electron chi connectivity index (χ0n) is 10.2. The zero-order chi connectivity index (χ0) is 11.7. The van der Waals surface area contributed by atoms with Crippen LogP contribution < -0.4 is 10.2 Å². The van der Waals surface area contributed by atoms with Gasteiger partial charge >= 0.3 is 36.5 Å². The Balaban J connectivity index is -0.00000000802. The van der Waals surface area contributed by atoms with Crippen LogP contribution in [0.15, 0.2) is 0 Å². The molecule has 0 spiro atoms. The summed E-state index contributed by atoms with van der Waals surface area (Å²) in [7, 11) is -5.17. The summed E-state index contributed by atoms with van der Waals surface area (Å²) in [5, 5.41) is 17.8. The van der Waals surface area contributed by atoms with Gasteiger partial charge in [0.2, 0.25) is 0 Å². The summed E-state index contributed by atoms with van der Waals surface area (Å²) in [4.78, 5) is 17.8. The predicted octanol–water partition coefficient (Wildman–Crippen LogP) is -7.95. The molecule has 0 bridgehead atoms. The number of hydrogen-bond acceptors (Lipinski definition) is 8. The van der Waals surface area contributed by atoms with E-state index in [1.165, 1.54) is 0 Å². The molecular weight excluding hydrogens is 417 g/mol. The van der Waals surface area contributed by atoms with Gasteiger partial charge in [0.1, 0.15) is 0 Å². The number of carboxylic acids is 2. The van der Waals surface area contributed by atoms with Crippen LogP contribution in [0.25, 0.3) is 0 Å². The van der Waals surface area contributed by atoms with Crippen LogP contribution in [0.1, 0.15) is 13.8 Å². The van der Waals surface area contributed by atoms with Crippen molar-refractivity contribution < 1.29 is 101 Å². The average molecular weight is 433 g/mol. The van der Waals surface area contributed by atoms with E-state index in [9.17, 15) is 0 Å². The SMILES string of the molecule is CC(=O)[O-].CC(=O)[O-].O.O.O.O.O.O=S(=O)([O-])[O-].[Cu+2].[Zn+2]. The van der Waals surface area contributed by atoms with Gasteiger partial charge in [-0.05, 0) is 13.8 Å². The Hall–Kier alpha value is -0.247. The van der Waals surface area contributed by atoms with Gasteiger partial charge in [-0.2, -0.15) is 0 Å². The van der Waals surface area contributed by atoms with Crippen molar-refractivity contribution >= 4 is 22.3 Å². The first-order valence-electron chi connectivity index (χ1n) is 2.48. The van der Waals surface area contributed by atoms with Gasteiger partial charge < -0.3 is 56.3 Å². The van der Waals surface area contributed by atoms with Crippen molar-refractivity contribution in [1.29, 1.82) is 0 Å². The van der Waals surface area contributed by atoms with E-state index in [1.807, 2.05) is 0 Å². The molecule has 0 fully saturated rings. The third-order valence-electron chi connectivity index (χ3n) is 0. The molecule has 0 aliphatic heterocycles. The van der Waals surface area contributed by atoms with E-state index in [0.717, 1.165) is 13.8 Å². The van der Waals surface area contributed by atoms with Gasteiger partial charge in [0, 0.05) is 22.3 Å². The maximum absolute atomic E-state index is 8.89. The molecule has 0 amide bonds. The first-order chi connectivity index (χ1) is 5.46. The van der Waals surface area contributed by atoms with Gasteiger partial charge in [-0.3, -0.25) is 8.42 Å². The molecule has 0 aromatic heterocycles. The standard InChI is InChI=1S/2C2H4O2.Cu.H2O4S.5H2O.Zn/c2*1-2(3)4;;1-5(2,3)4;;;;;;/h2*1H3,(H,3,4);;(H2,1,2,3,4);5*1H2;/q;;+2;;;;;;;+2/p-4. The summed E-state index contributed by atoms with van der Waals surface area (Å²) in [6.45, 7) is 1.94. The van der Waals surface area contributed by atoms with Crippen LogP contribution in [0, 0.1) is 0 Å². The Bertz CT molecular complexity index is 225. The van der Waals surface area contributed by atoms with Crippen LogP contribution in [0.5, 0.6) is 0 Å². The fourth-order valence-corrected chi connectivity index (χ4v) is 0. The molecule has 129 valence electrons. The number of hydrogen-bond donors (Lipinski definition) is 0. The van der Waals surface area contributed by atoms with Crippen molar-refractivity contribution in [2.24, 2.45) is 0 Å². The summed E-state index contributed by atoms with van der Waals surface area (Å²) in [5.74, 6) is -2.17. The van der Waals surface area contributed by atoms with Crippen molar-refractivity contribution in [2.45, 2.75) is 13.8 Å². The van der Waals surface area contributed by atoms with Gasteiger partial charge in [0.05, 0.1) is 0 Å². The Morgan fingerprint density at radius 1 is 0.750 bits per heavy atom. The van der Waals surface area contributed by atoms with Crippen molar-refractivity contribution in [1.82, 2.24) is 0 Å². The molecule has 0 aliphatic rings. The van der Waals surface area contributed by atoms with Crippen LogP contribution in [0.2, 0.25) is 0 Å². The van der Waals surface area contributed by atoms with Crippen molar-refractivity contribution in [3.8, 4) is 0 Å². The molecule has 20 heavy (non-hydrogen) atoms. The minimum absolute atomic E-state index is 0. The molecule has 0 saturated heterocycles. The van der Waals surface area contributed by atoms with Crippen molar-refractivity contribution in [3.05, 3.63) is 0 Å². The summed E-state index contributed by atoms with van der Waals surface area (Å²) in [6.07, 6.45) is 0. The minimum Gasteiger partial charge on any atom is -0.759 e. The number of aliphatic carboxylic acids is 2. The Kier molecular flexibility index (Phi) is 156. The second-order valence-electron chi connectivity index (χ2n) is 1.39. The number of carboxylic acid groups (broad SMARTS) is 2. The Morgan fingerprint density at radius 2 is 0.750 bits per heavy atom. The second kappa shape index (κ2) is 42.8. The van der Waals surface area contributed by atoms with Crippen LogP contribution in [0.3, 0.4) is 0 Å². The fourth-order valence-electron chi connectivity index (χ4n) is 0. The second-order valence-corrected chi connectivity index (χ2v) is 2.21. The molecule has 0 rings (SSSR count). The number of rotatable bonds is 0. The monoisotopic (exact) mass is 431 g/mol. The maximum atomic E-state index is 8.89. The first-order valence-corrected chi connectivity index (χ1v) is 3.82. The topological polar surface area (TPSA) is 318 Å². The summed E-state index contributed by atoms with van der Waals surface area (Å²) in [6, 6.07) is 0. The normalized spacial score (nSPS) is 5.40. The zero-order valence-corrected chi connectivity index (χ0v) is 14.9. The first kappa shape index (κ1) is 73.0. The van der Waals surface area contributed by atoms with E-state index in [0.29, 0.717) is 0 Å². The predicted molar refractivity (Wildman–Crippen MR) is 49.9 cm³/mol. The molecule has 0 aliphatic carbocycles. The van der Waals surface area contributed by atoms with Crippen molar-refractivity contribution in [2.75, 3.05) is 0 Å². The van der Waals surface area contributed by atoms with E-state index in [2.05, 4.69) is 0 Å². The summed E-state index contributed by atoms with van der Waals surface area (Å²) in [5.41, 5.74) is 0. The molecule has 1 radical (unpaired) electrons. The maximum Gasteiger partial charge on any atom is 2.00 e. The molecule has 0 heterocycles. The van der Waals surface area contributed by atoms with E-state index < -0.39 is 22.3 Å². The summed E-state index contributed by atoms with van der Waals surface area (Å²) < 4.78 is 34.1. The molecule has 0 aromatic carbocycles. The Morgan fingerprint density at radius 3 is 0.750 bits per heavy atom. The van der Waals surface area contributed by atoms with Crippen molar-refractivity contribution in [3.63, 3.8) is 0 Å². The molecule has 0 atom stereocenters. The van der Waals surface area contributed by atoms with E-state index in [-0.39, 0.29) is 63.9 Å². The molecule has 0 unspecified atom stereocenters. The molecule has 13 nitrogen and oxygen atoms in total. The van der Waals surface area contributed by atoms with Crippen LogP contribution >= 0.6 is 0 Å². The van der Waals surface area contributed by atoms with E-state index >= 15 is 0 Å². The average Bonchev–Trinajstić information content (AvgIpc) is 1.50. The third-order valence-corrected chi connectivity index (χ3v) is 0.